The zero-order valence-corrected chi connectivity index (χ0v) is 21.3. The molecule has 0 aliphatic carbocycles. The molecule has 0 unspecified atom stereocenters. The number of carbonyl (C=O) groups excluding carboxylic acids is 1. The van der Waals surface area contributed by atoms with E-state index in [9.17, 15) is 18.0 Å². The Bertz CT molecular complexity index is 1270. The zero-order chi connectivity index (χ0) is 25.6. The number of fused-ring (bicyclic) bond motifs is 2. The lowest BCUT2D eigenvalue weighted by Gasteiger charge is -2.29. The number of amides is 1. The molecular formula is C23H29F3N8OS. The largest absolute Gasteiger partial charge is 0.451 e. The predicted molar refractivity (Wildman–Crippen MR) is 131 cm³/mol. The number of hydrogen-bond acceptors (Lipinski definition) is 8. The van der Waals surface area contributed by atoms with Gasteiger partial charge in [0.25, 0.3) is 0 Å². The van der Waals surface area contributed by atoms with Crippen molar-refractivity contribution in [1.82, 2.24) is 29.6 Å². The maximum Gasteiger partial charge on any atom is 0.451 e. The van der Waals surface area contributed by atoms with Crippen LogP contribution >= 0.6 is 11.3 Å². The highest BCUT2D eigenvalue weighted by molar-refractivity contribution is 7.18. The number of rotatable bonds is 6. The molecule has 2 aliphatic heterocycles. The van der Waals surface area contributed by atoms with E-state index in [0.29, 0.717) is 31.4 Å². The Hall–Kier alpha value is -2.96. The summed E-state index contributed by atoms with van der Waals surface area (Å²) in [5.74, 6) is 0.526. The van der Waals surface area contributed by atoms with Crippen molar-refractivity contribution in [2.75, 3.05) is 29.9 Å². The highest BCUT2D eigenvalue weighted by atomic mass is 32.1. The molecule has 1 amide bonds. The third-order valence-corrected chi connectivity index (χ3v) is 7.64. The second-order valence-electron chi connectivity index (χ2n) is 9.63. The number of halogens is 3. The van der Waals surface area contributed by atoms with Crippen LogP contribution in [-0.2, 0) is 30.5 Å². The van der Waals surface area contributed by atoms with Gasteiger partial charge >= 0.3 is 6.18 Å². The highest BCUT2D eigenvalue weighted by Crippen LogP contribution is 2.36. The molecule has 2 aliphatic rings. The average Bonchev–Trinajstić information content (AvgIpc) is 3.55. The fourth-order valence-electron chi connectivity index (χ4n) is 4.81. The van der Waals surface area contributed by atoms with Gasteiger partial charge in [0, 0.05) is 43.0 Å². The minimum absolute atomic E-state index is 0.0341. The first-order valence-electron chi connectivity index (χ1n) is 12.2. The maximum atomic E-state index is 13.3. The van der Waals surface area contributed by atoms with Crippen LogP contribution in [0.1, 0.15) is 50.1 Å². The third kappa shape index (κ3) is 4.72. The number of aromatic nitrogens is 5. The van der Waals surface area contributed by atoms with Crippen molar-refractivity contribution in [3.63, 3.8) is 0 Å². The third-order valence-electron chi connectivity index (χ3n) is 6.55. The van der Waals surface area contributed by atoms with Crippen molar-refractivity contribution in [1.29, 1.82) is 0 Å². The molecule has 1 saturated heterocycles. The van der Waals surface area contributed by atoms with Gasteiger partial charge in [-0.25, -0.2) is 4.98 Å². The van der Waals surface area contributed by atoms with Gasteiger partial charge in [0.05, 0.1) is 11.9 Å². The molecule has 36 heavy (non-hydrogen) atoms. The van der Waals surface area contributed by atoms with Crippen molar-refractivity contribution in [3.8, 4) is 0 Å². The molecule has 1 N–H and O–H groups in total. The Balaban J connectivity index is 1.44. The highest BCUT2D eigenvalue weighted by Gasteiger charge is 2.40. The summed E-state index contributed by atoms with van der Waals surface area (Å²) in [6.07, 6.45) is -1.83. The molecule has 3 aromatic heterocycles. The molecule has 5 heterocycles. The van der Waals surface area contributed by atoms with E-state index in [4.69, 9.17) is 9.97 Å². The lowest BCUT2D eigenvalue weighted by atomic mass is 10.2. The van der Waals surface area contributed by atoms with Crippen molar-refractivity contribution in [2.45, 2.75) is 65.3 Å². The second-order valence-corrected chi connectivity index (χ2v) is 10.7. The van der Waals surface area contributed by atoms with E-state index in [-0.39, 0.29) is 36.8 Å². The SMILES string of the molecule is CCCc1cc2c(N3CCn4c(nnc4C(F)(F)F)C3)nc(N[C@H]3CCN(C(=O)C(C)C)C3)nc2s1. The van der Waals surface area contributed by atoms with Gasteiger partial charge in [0.1, 0.15) is 10.6 Å². The molecule has 0 aromatic carbocycles. The summed E-state index contributed by atoms with van der Waals surface area (Å²) in [6.45, 7) is 7.82. The number of anilines is 2. The van der Waals surface area contributed by atoms with Crippen LogP contribution in [0.25, 0.3) is 10.2 Å². The van der Waals surface area contributed by atoms with E-state index in [1.807, 2.05) is 23.6 Å². The van der Waals surface area contributed by atoms with Crippen LogP contribution in [0.2, 0.25) is 0 Å². The molecule has 1 fully saturated rings. The summed E-state index contributed by atoms with van der Waals surface area (Å²) in [7, 11) is 0. The molecule has 0 spiro atoms. The van der Waals surface area contributed by atoms with Crippen LogP contribution in [0.4, 0.5) is 24.9 Å². The Morgan fingerprint density at radius 3 is 2.75 bits per heavy atom. The van der Waals surface area contributed by atoms with E-state index in [2.05, 4.69) is 28.5 Å². The van der Waals surface area contributed by atoms with E-state index in [0.717, 1.165) is 34.0 Å². The van der Waals surface area contributed by atoms with Gasteiger partial charge in [-0.3, -0.25) is 4.79 Å². The summed E-state index contributed by atoms with van der Waals surface area (Å²) in [6, 6.07) is 2.12. The molecular weight excluding hydrogens is 493 g/mol. The summed E-state index contributed by atoms with van der Waals surface area (Å²) in [4.78, 5) is 27.8. The topological polar surface area (TPSA) is 92.1 Å². The average molecular weight is 523 g/mol. The fraction of sp³-hybridized carbons (Fsp3) is 0.609. The summed E-state index contributed by atoms with van der Waals surface area (Å²) >= 11 is 1.61. The van der Waals surface area contributed by atoms with Gasteiger partial charge < -0.3 is 19.7 Å². The number of thiophene rings is 1. The Morgan fingerprint density at radius 1 is 1.22 bits per heavy atom. The first-order valence-corrected chi connectivity index (χ1v) is 13.1. The minimum atomic E-state index is -4.54. The van der Waals surface area contributed by atoms with Gasteiger partial charge in [0.15, 0.2) is 5.82 Å². The van der Waals surface area contributed by atoms with E-state index in [1.54, 1.807) is 11.3 Å². The maximum absolute atomic E-state index is 13.3. The Kier molecular flexibility index (Phi) is 6.52. The van der Waals surface area contributed by atoms with Crippen LogP contribution in [0.3, 0.4) is 0 Å². The van der Waals surface area contributed by atoms with Gasteiger partial charge in [-0.05, 0) is 18.9 Å². The van der Waals surface area contributed by atoms with E-state index in [1.165, 1.54) is 4.88 Å². The number of alkyl halides is 3. The fourth-order valence-corrected chi connectivity index (χ4v) is 5.93. The monoisotopic (exact) mass is 522 g/mol. The Labute approximate surface area is 210 Å². The number of hydrogen-bond donors (Lipinski definition) is 1. The van der Waals surface area contributed by atoms with Gasteiger partial charge in [-0.1, -0.05) is 27.2 Å². The Morgan fingerprint density at radius 2 is 2.03 bits per heavy atom. The minimum Gasteiger partial charge on any atom is -0.350 e. The lowest BCUT2D eigenvalue weighted by Crippen LogP contribution is -2.36. The number of carbonyl (C=O) groups is 1. The van der Waals surface area contributed by atoms with Crippen LogP contribution in [0.5, 0.6) is 0 Å². The van der Waals surface area contributed by atoms with Crippen LogP contribution < -0.4 is 10.2 Å². The van der Waals surface area contributed by atoms with Crippen LogP contribution in [-0.4, -0.2) is 61.2 Å². The van der Waals surface area contributed by atoms with Crippen LogP contribution in [0.15, 0.2) is 6.07 Å². The standard InChI is InChI=1S/C23H29F3N8OS/c1-4-5-15-10-16-18(32-8-9-34-17(12-32)30-31-21(34)23(24,25)26)28-22(29-19(16)36-15)27-14-6-7-33(11-14)20(35)13(2)3/h10,13-14H,4-9,11-12H2,1-3H3,(H,27,28,29)/t14-/m0/s1. The zero-order valence-electron chi connectivity index (χ0n) is 20.5. The van der Waals surface area contributed by atoms with Crippen molar-refractivity contribution >= 4 is 39.2 Å². The predicted octanol–water partition coefficient (Wildman–Crippen LogP) is 3.94. The normalized spacial score (nSPS) is 18.4. The number of nitrogens with one attached hydrogen (secondary N) is 1. The molecule has 9 nitrogen and oxygen atoms in total. The van der Waals surface area contributed by atoms with Crippen molar-refractivity contribution in [2.24, 2.45) is 5.92 Å². The number of nitrogens with zero attached hydrogens (tertiary/aromatic N) is 7. The lowest BCUT2D eigenvalue weighted by molar-refractivity contribution is -0.147. The summed E-state index contributed by atoms with van der Waals surface area (Å²) < 4.78 is 41.0. The molecule has 0 saturated carbocycles. The first-order chi connectivity index (χ1) is 17.1. The first kappa shape index (κ1) is 24.7. The quantitative estimate of drug-likeness (QED) is 0.524. The van der Waals surface area contributed by atoms with Crippen molar-refractivity contribution < 1.29 is 18.0 Å². The molecule has 194 valence electrons. The number of aryl methyl sites for hydroxylation is 1. The molecule has 1 atom stereocenters. The summed E-state index contributed by atoms with van der Waals surface area (Å²) in [5, 5.41) is 11.5. The molecule has 0 radical (unpaired) electrons. The second kappa shape index (κ2) is 9.49. The molecule has 0 bridgehead atoms. The smallest absolute Gasteiger partial charge is 0.350 e. The summed E-state index contributed by atoms with van der Waals surface area (Å²) in [5.41, 5.74) is 0. The van der Waals surface area contributed by atoms with Gasteiger partial charge in [-0.2, -0.15) is 18.2 Å². The number of likely N-dealkylation sites (tertiary alicyclic amines) is 1. The van der Waals surface area contributed by atoms with Crippen LogP contribution in [0, 0.1) is 5.92 Å². The van der Waals surface area contributed by atoms with Crippen molar-refractivity contribution in [3.05, 3.63) is 22.6 Å². The molecule has 5 rings (SSSR count). The molecule has 13 heteroatoms. The van der Waals surface area contributed by atoms with E-state index < -0.39 is 12.0 Å². The van der Waals surface area contributed by atoms with Gasteiger partial charge in [-0.15, -0.1) is 21.5 Å². The van der Waals surface area contributed by atoms with Gasteiger partial charge in [0.2, 0.25) is 17.7 Å². The van der Waals surface area contributed by atoms with E-state index >= 15 is 0 Å². The molecule has 3 aromatic rings.